The van der Waals surface area contributed by atoms with Crippen molar-refractivity contribution in [3.05, 3.63) is 62.9 Å². The first-order chi connectivity index (χ1) is 12.6. The molecule has 0 unspecified atom stereocenters. The fourth-order valence-electron chi connectivity index (χ4n) is 2.59. The Morgan fingerprint density at radius 3 is 2.92 bits per heavy atom. The van der Waals surface area contributed by atoms with Gasteiger partial charge < -0.3 is 5.32 Å². The summed E-state index contributed by atoms with van der Waals surface area (Å²) < 4.78 is 9.22. The number of hydrogen-bond acceptors (Lipinski definition) is 7. The van der Waals surface area contributed by atoms with E-state index in [9.17, 15) is 14.4 Å². The number of hydrogen-bond donors (Lipinski definition) is 2. The summed E-state index contributed by atoms with van der Waals surface area (Å²) in [4.78, 5) is 43.2. The van der Waals surface area contributed by atoms with Crippen LogP contribution in [0.1, 0.15) is 10.4 Å². The lowest BCUT2D eigenvalue weighted by Crippen LogP contribution is -2.39. The summed E-state index contributed by atoms with van der Waals surface area (Å²) in [5, 5.41) is 3.01. The molecule has 10 heteroatoms. The van der Waals surface area contributed by atoms with E-state index in [2.05, 4.69) is 24.0 Å². The average Bonchev–Trinajstić information content (AvgIpc) is 3.12. The molecule has 0 fully saturated rings. The number of pyridine rings is 1. The molecule has 26 heavy (non-hydrogen) atoms. The minimum atomic E-state index is -0.564. The topological polar surface area (TPSA) is 123 Å². The predicted octanol–water partition coefficient (Wildman–Crippen LogP) is 0.519. The van der Waals surface area contributed by atoms with Crippen molar-refractivity contribution < 1.29 is 4.79 Å². The highest BCUT2D eigenvalue weighted by molar-refractivity contribution is 7.00. The van der Waals surface area contributed by atoms with Crippen molar-refractivity contribution >= 4 is 39.7 Å². The lowest BCUT2D eigenvalue weighted by molar-refractivity contribution is 0.0952. The maximum atomic E-state index is 12.4. The first kappa shape index (κ1) is 16.1. The van der Waals surface area contributed by atoms with Gasteiger partial charge in [-0.1, -0.05) is 0 Å². The summed E-state index contributed by atoms with van der Waals surface area (Å²) in [5.74, 6) is -0.313. The molecule has 0 aliphatic rings. The van der Waals surface area contributed by atoms with Crippen LogP contribution in [0.2, 0.25) is 0 Å². The summed E-state index contributed by atoms with van der Waals surface area (Å²) >= 11 is 1.08. The summed E-state index contributed by atoms with van der Waals surface area (Å²) in [6, 6.07) is 8.23. The molecule has 0 spiro atoms. The number of benzene rings is 1. The Kier molecular flexibility index (Phi) is 4.01. The fourth-order valence-corrected chi connectivity index (χ4v) is 3.11. The quantitative estimate of drug-likeness (QED) is 0.541. The molecule has 0 aliphatic heterocycles. The van der Waals surface area contributed by atoms with Crippen LogP contribution < -0.4 is 16.6 Å². The SMILES string of the molecule is O=C(NCCn1c(=O)[nH]c2ncccc2c1=O)c1ccc2nsnc2c1. The van der Waals surface area contributed by atoms with Gasteiger partial charge in [-0.3, -0.25) is 19.1 Å². The van der Waals surface area contributed by atoms with E-state index in [1.54, 1.807) is 30.3 Å². The van der Waals surface area contributed by atoms with E-state index in [0.29, 0.717) is 16.5 Å². The standard InChI is InChI=1S/C16H12N6O3S/c23-14(9-3-4-11-12(8-9)21-26-20-11)18-6-7-22-15(24)10-2-1-5-17-13(10)19-16(22)25/h1-5,8H,6-7H2,(H,18,23)(H,17,19,25). The number of nitrogens with one attached hydrogen (secondary N) is 2. The van der Waals surface area contributed by atoms with Gasteiger partial charge >= 0.3 is 5.69 Å². The van der Waals surface area contributed by atoms with Crippen LogP contribution in [-0.4, -0.2) is 35.7 Å². The fraction of sp³-hybridized carbons (Fsp3) is 0.125. The monoisotopic (exact) mass is 368 g/mol. The van der Waals surface area contributed by atoms with Crippen molar-refractivity contribution in [1.82, 2.24) is 28.6 Å². The first-order valence-electron chi connectivity index (χ1n) is 7.72. The second kappa shape index (κ2) is 6.48. The summed E-state index contributed by atoms with van der Waals surface area (Å²) in [7, 11) is 0. The van der Waals surface area contributed by atoms with Crippen LogP contribution in [0.3, 0.4) is 0 Å². The predicted molar refractivity (Wildman–Crippen MR) is 96.4 cm³/mol. The largest absolute Gasteiger partial charge is 0.350 e. The summed E-state index contributed by atoms with van der Waals surface area (Å²) in [5.41, 5.74) is 1.06. The highest BCUT2D eigenvalue weighted by Gasteiger charge is 2.10. The second-order valence-electron chi connectivity index (χ2n) is 5.51. The molecule has 130 valence electrons. The molecular weight excluding hydrogens is 356 g/mol. The third kappa shape index (κ3) is 2.86. The first-order valence-corrected chi connectivity index (χ1v) is 8.45. The number of aromatic amines is 1. The van der Waals surface area contributed by atoms with E-state index in [1.165, 1.54) is 6.20 Å². The molecule has 2 N–H and O–H groups in total. The minimum absolute atomic E-state index is 0.0469. The van der Waals surface area contributed by atoms with Gasteiger partial charge in [0, 0.05) is 24.8 Å². The van der Waals surface area contributed by atoms with E-state index in [-0.39, 0.29) is 24.6 Å². The lowest BCUT2D eigenvalue weighted by atomic mass is 10.2. The zero-order valence-electron chi connectivity index (χ0n) is 13.3. The average molecular weight is 368 g/mol. The number of fused-ring (bicyclic) bond motifs is 2. The molecule has 4 aromatic rings. The van der Waals surface area contributed by atoms with E-state index in [1.807, 2.05) is 0 Å². The van der Waals surface area contributed by atoms with Crippen LogP contribution in [0.15, 0.2) is 46.1 Å². The molecule has 3 aromatic heterocycles. The van der Waals surface area contributed by atoms with Crippen LogP contribution in [0.5, 0.6) is 0 Å². The molecule has 4 rings (SSSR count). The highest BCUT2D eigenvalue weighted by atomic mass is 32.1. The Labute approximate surface area is 149 Å². The second-order valence-corrected chi connectivity index (χ2v) is 6.04. The summed E-state index contributed by atoms with van der Waals surface area (Å²) in [6.07, 6.45) is 1.50. The van der Waals surface area contributed by atoms with Crippen LogP contribution >= 0.6 is 11.7 Å². The van der Waals surface area contributed by atoms with Gasteiger partial charge in [-0.25, -0.2) is 9.78 Å². The van der Waals surface area contributed by atoms with Gasteiger partial charge in [0.05, 0.1) is 17.1 Å². The number of nitrogens with zero attached hydrogens (tertiary/aromatic N) is 4. The number of rotatable bonds is 4. The van der Waals surface area contributed by atoms with E-state index < -0.39 is 11.2 Å². The van der Waals surface area contributed by atoms with Gasteiger partial charge in [0.25, 0.3) is 11.5 Å². The van der Waals surface area contributed by atoms with Gasteiger partial charge in [-0.15, -0.1) is 0 Å². The zero-order chi connectivity index (χ0) is 18.1. The van der Waals surface area contributed by atoms with Crippen molar-refractivity contribution in [3.8, 4) is 0 Å². The third-order valence-corrected chi connectivity index (χ3v) is 4.45. The van der Waals surface area contributed by atoms with Crippen molar-refractivity contribution in [1.29, 1.82) is 0 Å². The molecule has 9 nitrogen and oxygen atoms in total. The Bertz CT molecular complexity index is 1240. The maximum absolute atomic E-state index is 12.4. The molecule has 3 heterocycles. The maximum Gasteiger partial charge on any atom is 0.330 e. The molecule has 1 aromatic carbocycles. The summed E-state index contributed by atoms with van der Waals surface area (Å²) in [6.45, 7) is 0.173. The van der Waals surface area contributed by atoms with Crippen LogP contribution in [-0.2, 0) is 6.54 Å². The van der Waals surface area contributed by atoms with Crippen molar-refractivity contribution in [2.75, 3.05) is 6.54 Å². The van der Waals surface area contributed by atoms with Crippen LogP contribution in [0.4, 0.5) is 0 Å². The number of H-pyrrole nitrogens is 1. The number of carbonyl (C=O) groups excluding carboxylic acids is 1. The number of aromatic nitrogens is 5. The molecule has 0 bridgehead atoms. The third-order valence-electron chi connectivity index (χ3n) is 3.89. The Morgan fingerprint density at radius 1 is 1.19 bits per heavy atom. The smallest absolute Gasteiger partial charge is 0.330 e. The Hall–Kier alpha value is -3.40. The normalized spacial score (nSPS) is 11.1. The molecule has 0 atom stereocenters. The van der Waals surface area contributed by atoms with E-state index in [0.717, 1.165) is 21.8 Å². The molecule has 1 amide bonds. The van der Waals surface area contributed by atoms with Crippen molar-refractivity contribution in [3.63, 3.8) is 0 Å². The Balaban J connectivity index is 1.51. The molecule has 0 saturated heterocycles. The zero-order valence-corrected chi connectivity index (χ0v) is 14.1. The van der Waals surface area contributed by atoms with Gasteiger partial charge in [-0.2, -0.15) is 8.75 Å². The van der Waals surface area contributed by atoms with Gasteiger partial charge in [0.15, 0.2) is 0 Å². The van der Waals surface area contributed by atoms with E-state index >= 15 is 0 Å². The number of carbonyl (C=O) groups is 1. The van der Waals surface area contributed by atoms with Crippen LogP contribution in [0, 0.1) is 0 Å². The van der Waals surface area contributed by atoms with Gasteiger partial charge in [0.1, 0.15) is 16.7 Å². The Morgan fingerprint density at radius 2 is 2.04 bits per heavy atom. The molecule has 0 aliphatic carbocycles. The minimum Gasteiger partial charge on any atom is -0.350 e. The van der Waals surface area contributed by atoms with Crippen molar-refractivity contribution in [2.24, 2.45) is 0 Å². The highest BCUT2D eigenvalue weighted by Crippen LogP contribution is 2.13. The van der Waals surface area contributed by atoms with Gasteiger partial charge in [0.2, 0.25) is 0 Å². The molecule has 0 saturated carbocycles. The van der Waals surface area contributed by atoms with Crippen LogP contribution in [0.25, 0.3) is 22.1 Å². The van der Waals surface area contributed by atoms with E-state index in [4.69, 9.17) is 0 Å². The number of amides is 1. The lowest BCUT2D eigenvalue weighted by Gasteiger charge is -2.08. The van der Waals surface area contributed by atoms with Gasteiger partial charge in [-0.05, 0) is 30.3 Å². The molecular formula is C16H12N6O3S. The van der Waals surface area contributed by atoms with Crippen molar-refractivity contribution in [2.45, 2.75) is 6.54 Å². The molecule has 0 radical (unpaired) electrons.